The Balaban J connectivity index is 1.31. The summed E-state index contributed by atoms with van der Waals surface area (Å²) in [4.78, 5) is 13.1. The van der Waals surface area contributed by atoms with Crippen LogP contribution in [0.25, 0.3) is 22.2 Å². The SMILES string of the molecule is N#Cc1ccc2c(c1)c(-c1cccc(NC(=O)C3Cc4ccccc4C3)c1)nn2C1CCCCO1. The van der Waals surface area contributed by atoms with Gasteiger partial charge in [0.15, 0.2) is 6.23 Å². The Morgan fingerprint density at radius 2 is 1.86 bits per heavy atom. The molecule has 2 heterocycles. The Labute approximate surface area is 204 Å². The first kappa shape index (κ1) is 21.6. The lowest BCUT2D eigenvalue weighted by molar-refractivity contribution is -0.119. The van der Waals surface area contributed by atoms with Gasteiger partial charge in [0, 0.05) is 29.2 Å². The van der Waals surface area contributed by atoms with Crippen LogP contribution in [0.2, 0.25) is 0 Å². The average Bonchev–Trinajstić information content (AvgIpc) is 3.51. The minimum Gasteiger partial charge on any atom is -0.356 e. The summed E-state index contributed by atoms with van der Waals surface area (Å²) < 4.78 is 7.97. The third-order valence-electron chi connectivity index (χ3n) is 7.09. The molecule has 0 radical (unpaired) electrons. The smallest absolute Gasteiger partial charge is 0.228 e. The van der Waals surface area contributed by atoms with Crippen molar-refractivity contribution in [1.29, 1.82) is 5.26 Å². The number of ether oxygens (including phenoxy) is 1. The molecule has 0 spiro atoms. The zero-order valence-corrected chi connectivity index (χ0v) is 19.4. The molecule has 6 heteroatoms. The van der Waals surface area contributed by atoms with E-state index in [0.29, 0.717) is 5.56 Å². The summed E-state index contributed by atoms with van der Waals surface area (Å²) in [5, 5.41) is 18.5. The molecule has 6 rings (SSSR count). The van der Waals surface area contributed by atoms with Gasteiger partial charge in [-0.05, 0) is 73.6 Å². The van der Waals surface area contributed by atoms with E-state index in [0.717, 1.165) is 66.6 Å². The van der Waals surface area contributed by atoms with Crippen LogP contribution in [0.4, 0.5) is 5.69 Å². The molecular formula is C29H26N4O2. The Hall–Kier alpha value is -3.95. The fourth-order valence-electron chi connectivity index (χ4n) is 5.29. The van der Waals surface area contributed by atoms with E-state index >= 15 is 0 Å². The molecule has 1 aliphatic heterocycles. The summed E-state index contributed by atoms with van der Waals surface area (Å²) in [6, 6.07) is 24.0. The Kier molecular flexibility index (Phi) is 5.55. The van der Waals surface area contributed by atoms with Crippen LogP contribution >= 0.6 is 0 Å². The van der Waals surface area contributed by atoms with E-state index in [9.17, 15) is 10.1 Å². The van der Waals surface area contributed by atoms with Gasteiger partial charge in [0.2, 0.25) is 5.91 Å². The molecule has 1 atom stereocenters. The molecule has 174 valence electrons. The Bertz CT molecular complexity index is 1430. The molecule has 1 saturated heterocycles. The second-order valence-electron chi connectivity index (χ2n) is 9.40. The minimum absolute atomic E-state index is 0.0381. The van der Waals surface area contributed by atoms with Crippen LogP contribution in [0.5, 0.6) is 0 Å². The molecule has 3 aromatic carbocycles. The maximum absolute atomic E-state index is 13.1. The first-order valence-electron chi connectivity index (χ1n) is 12.2. The highest BCUT2D eigenvalue weighted by atomic mass is 16.5. The van der Waals surface area contributed by atoms with Crippen molar-refractivity contribution in [2.24, 2.45) is 5.92 Å². The predicted octanol–water partition coefficient (Wildman–Crippen LogP) is 5.63. The number of fused-ring (bicyclic) bond motifs is 2. The molecule has 1 aromatic heterocycles. The summed E-state index contributed by atoms with van der Waals surface area (Å²) in [6.07, 6.45) is 4.51. The van der Waals surface area contributed by atoms with Crippen molar-refractivity contribution >= 4 is 22.5 Å². The van der Waals surface area contributed by atoms with Crippen molar-refractivity contribution < 1.29 is 9.53 Å². The van der Waals surface area contributed by atoms with Gasteiger partial charge in [-0.15, -0.1) is 0 Å². The van der Waals surface area contributed by atoms with E-state index < -0.39 is 0 Å². The average molecular weight is 463 g/mol. The number of aromatic nitrogens is 2. The number of carbonyl (C=O) groups is 1. The quantitative estimate of drug-likeness (QED) is 0.426. The number of nitrogens with one attached hydrogen (secondary N) is 1. The number of benzene rings is 3. The van der Waals surface area contributed by atoms with Crippen molar-refractivity contribution in [3.63, 3.8) is 0 Å². The lowest BCUT2D eigenvalue weighted by atomic mass is 10.0. The summed E-state index contributed by atoms with van der Waals surface area (Å²) >= 11 is 0. The van der Waals surface area contributed by atoms with Gasteiger partial charge in [0.05, 0.1) is 17.1 Å². The molecule has 6 nitrogen and oxygen atoms in total. The molecule has 1 amide bonds. The topological polar surface area (TPSA) is 79.9 Å². The Morgan fingerprint density at radius 1 is 1.03 bits per heavy atom. The standard InChI is InChI=1S/C29H26N4O2/c30-18-19-11-12-26-25(14-19)28(32-33(26)27-10-3-4-13-35-27)22-8-5-9-24(17-22)31-29(34)23-15-20-6-1-2-7-21(20)16-23/h1-2,5-9,11-12,14,17,23,27H,3-4,10,13,15-16H2,(H,31,34). The van der Waals surface area contributed by atoms with E-state index in [1.54, 1.807) is 0 Å². The maximum Gasteiger partial charge on any atom is 0.228 e. The van der Waals surface area contributed by atoms with Crippen molar-refractivity contribution in [2.75, 3.05) is 11.9 Å². The van der Waals surface area contributed by atoms with E-state index in [-0.39, 0.29) is 18.1 Å². The zero-order chi connectivity index (χ0) is 23.8. The van der Waals surface area contributed by atoms with E-state index in [2.05, 4.69) is 23.5 Å². The first-order valence-corrected chi connectivity index (χ1v) is 12.2. The second-order valence-corrected chi connectivity index (χ2v) is 9.40. The third kappa shape index (κ3) is 4.09. The largest absolute Gasteiger partial charge is 0.356 e. The van der Waals surface area contributed by atoms with Crippen LogP contribution in [-0.2, 0) is 22.4 Å². The lowest BCUT2D eigenvalue weighted by Gasteiger charge is -2.23. The highest BCUT2D eigenvalue weighted by Crippen LogP contribution is 2.34. The van der Waals surface area contributed by atoms with Gasteiger partial charge >= 0.3 is 0 Å². The summed E-state index contributed by atoms with van der Waals surface area (Å²) in [7, 11) is 0. The van der Waals surface area contributed by atoms with Gasteiger partial charge in [-0.25, -0.2) is 4.68 Å². The van der Waals surface area contributed by atoms with Gasteiger partial charge in [-0.3, -0.25) is 4.79 Å². The van der Waals surface area contributed by atoms with Gasteiger partial charge < -0.3 is 10.1 Å². The minimum atomic E-state index is -0.111. The van der Waals surface area contributed by atoms with Gasteiger partial charge in [-0.2, -0.15) is 10.4 Å². The van der Waals surface area contributed by atoms with Crippen LogP contribution in [0, 0.1) is 17.2 Å². The van der Waals surface area contributed by atoms with Crippen LogP contribution in [0.1, 0.15) is 42.2 Å². The van der Waals surface area contributed by atoms with Crippen molar-refractivity contribution in [3.05, 3.63) is 83.4 Å². The van der Waals surface area contributed by atoms with Crippen LogP contribution in [0.3, 0.4) is 0 Å². The summed E-state index contributed by atoms with van der Waals surface area (Å²) in [5.41, 5.74) is 6.49. The molecule has 35 heavy (non-hydrogen) atoms. The van der Waals surface area contributed by atoms with Gasteiger partial charge in [0.1, 0.15) is 5.69 Å². The Morgan fingerprint density at radius 3 is 2.60 bits per heavy atom. The molecule has 1 N–H and O–H groups in total. The molecule has 0 saturated carbocycles. The van der Waals surface area contributed by atoms with Crippen molar-refractivity contribution in [2.45, 2.75) is 38.3 Å². The number of nitriles is 1. The zero-order valence-electron chi connectivity index (χ0n) is 19.4. The number of hydrogen-bond donors (Lipinski definition) is 1. The van der Waals surface area contributed by atoms with Crippen LogP contribution in [0.15, 0.2) is 66.7 Å². The predicted molar refractivity (Wildman–Crippen MR) is 135 cm³/mol. The number of rotatable bonds is 4. The third-order valence-corrected chi connectivity index (χ3v) is 7.09. The summed E-state index contributed by atoms with van der Waals surface area (Å²) in [6.45, 7) is 0.726. The number of nitrogens with zero attached hydrogens (tertiary/aromatic N) is 3. The molecule has 1 fully saturated rings. The number of anilines is 1. The maximum atomic E-state index is 13.1. The highest BCUT2D eigenvalue weighted by Gasteiger charge is 2.27. The van der Waals surface area contributed by atoms with E-state index in [4.69, 9.17) is 9.84 Å². The van der Waals surface area contributed by atoms with Crippen LogP contribution < -0.4 is 5.32 Å². The molecule has 1 aliphatic carbocycles. The van der Waals surface area contributed by atoms with Gasteiger partial charge in [0.25, 0.3) is 0 Å². The summed E-state index contributed by atoms with van der Waals surface area (Å²) in [5.74, 6) is -0.0196. The highest BCUT2D eigenvalue weighted by molar-refractivity contribution is 5.97. The molecule has 2 aliphatic rings. The number of amides is 1. The molecule has 1 unspecified atom stereocenters. The van der Waals surface area contributed by atoms with E-state index in [1.807, 2.05) is 59.3 Å². The fourth-order valence-corrected chi connectivity index (χ4v) is 5.29. The first-order chi connectivity index (χ1) is 17.2. The fraction of sp³-hybridized carbons (Fsp3) is 0.276. The second kappa shape index (κ2) is 9.01. The normalized spacial score (nSPS) is 17.7. The molecule has 0 bridgehead atoms. The lowest BCUT2D eigenvalue weighted by Crippen LogP contribution is -2.23. The van der Waals surface area contributed by atoms with Crippen molar-refractivity contribution in [3.8, 4) is 17.3 Å². The molecule has 4 aromatic rings. The van der Waals surface area contributed by atoms with Crippen LogP contribution in [-0.4, -0.2) is 22.3 Å². The van der Waals surface area contributed by atoms with E-state index in [1.165, 1.54) is 11.1 Å². The van der Waals surface area contributed by atoms with Gasteiger partial charge in [-0.1, -0.05) is 36.4 Å². The monoisotopic (exact) mass is 462 g/mol. The van der Waals surface area contributed by atoms with Crippen molar-refractivity contribution in [1.82, 2.24) is 9.78 Å². The number of hydrogen-bond acceptors (Lipinski definition) is 4. The molecular weight excluding hydrogens is 436 g/mol. The number of carbonyl (C=O) groups excluding carboxylic acids is 1.